The fraction of sp³-hybridized carbons (Fsp3) is 0.318. The number of amides is 3. The molecule has 1 aliphatic rings. The molecule has 7 heteroatoms. The van der Waals surface area contributed by atoms with Crippen LogP contribution in [0.2, 0.25) is 0 Å². The van der Waals surface area contributed by atoms with Gasteiger partial charge in [-0.3, -0.25) is 14.9 Å². The average molecular weight is 395 g/mol. The van der Waals surface area contributed by atoms with Crippen LogP contribution in [0.1, 0.15) is 31.7 Å². The van der Waals surface area contributed by atoms with E-state index in [2.05, 4.69) is 29.2 Å². The fourth-order valence-electron chi connectivity index (χ4n) is 3.23. The van der Waals surface area contributed by atoms with Gasteiger partial charge in [0, 0.05) is 30.0 Å². The molecule has 2 aromatic rings. The molecule has 29 heavy (non-hydrogen) atoms. The summed E-state index contributed by atoms with van der Waals surface area (Å²) in [5.74, 6) is -0.306. The number of nitrogens with one attached hydrogen (secondary N) is 2. The Hall–Kier alpha value is -3.35. The van der Waals surface area contributed by atoms with Crippen LogP contribution in [0.15, 0.2) is 48.5 Å². The minimum Gasteiger partial charge on any atom is -0.453 e. The smallest absolute Gasteiger partial charge is 0.411 e. The molecule has 1 atom stereocenters. The number of methoxy groups -OCH3 is 1. The monoisotopic (exact) mass is 395 g/mol. The first-order chi connectivity index (χ1) is 13.9. The van der Waals surface area contributed by atoms with Gasteiger partial charge in [-0.2, -0.15) is 0 Å². The number of carbonyl (C=O) groups is 3. The summed E-state index contributed by atoms with van der Waals surface area (Å²) in [6.07, 6.45) is -0.382. The highest BCUT2D eigenvalue weighted by molar-refractivity contribution is 6.03. The topological polar surface area (TPSA) is 87.7 Å². The minimum absolute atomic E-state index is 0.0521. The molecule has 3 rings (SSSR count). The molecule has 3 amide bonds. The lowest BCUT2D eigenvalue weighted by Gasteiger charge is -2.18. The molecule has 0 radical (unpaired) electrons. The molecular weight excluding hydrogens is 370 g/mol. The highest BCUT2D eigenvalue weighted by Gasteiger charge is 2.35. The van der Waals surface area contributed by atoms with Gasteiger partial charge in [-0.25, -0.2) is 4.79 Å². The van der Waals surface area contributed by atoms with Crippen LogP contribution in [0.5, 0.6) is 0 Å². The summed E-state index contributed by atoms with van der Waals surface area (Å²) in [6, 6.07) is 14.6. The van der Waals surface area contributed by atoms with Crippen LogP contribution in [0.3, 0.4) is 0 Å². The number of benzene rings is 2. The fourth-order valence-corrected chi connectivity index (χ4v) is 3.23. The largest absolute Gasteiger partial charge is 0.453 e. The van der Waals surface area contributed by atoms with Crippen LogP contribution in [-0.4, -0.2) is 31.6 Å². The summed E-state index contributed by atoms with van der Waals surface area (Å²) in [6.45, 7) is 4.56. The predicted octanol–water partition coefficient (Wildman–Crippen LogP) is 3.98. The molecule has 0 spiro atoms. The second-order valence-electron chi connectivity index (χ2n) is 7.34. The standard InChI is InChI=1S/C22H25N3O4/c1-14(2)15-5-4-6-19(11-15)25-13-16(12-20(25)26)21(27)23-17-7-9-18(10-8-17)24-22(28)29-3/h4-11,14,16H,12-13H2,1-3H3,(H,23,27)(H,24,28). The molecule has 0 bridgehead atoms. The minimum atomic E-state index is -0.562. The van der Waals surface area contributed by atoms with Gasteiger partial charge in [0.25, 0.3) is 0 Å². The maximum Gasteiger partial charge on any atom is 0.411 e. The molecule has 1 fully saturated rings. The molecule has 2 aromatic carbocycles. The van der Waals surface area contributed by atoms with Gasteiger partial charge in [0.05, 0.1) is 13.0 Å². The van der Waals surface area contributed by atoms with Crippen LogP contribution < -0.4 is 15.5 Å². The van der Waals surface area contributed by atoms with E-state index in [1.807, 2.05) is 24.3 Å². The Balaban J connectivity index is 1.63. The van der Waals surface area contributed by atoms with Gasteiger partial charge in [0.15, 0.2) is 0 Å². The second kappa shape index (κ2) is 8.77. The third-order valence-corrected chi connectivity index (χ3v) is 4.93. The van der Waals surface area contributed by atoms with E-state index in [0.717, 1.165) is 11.3 Å². The number of nitrogens with zero attached hydrogens (tertiary/aromatic N) is 1. The maximum absolute atomic E-state index is 12.6. The van der Waals surface area contributed by atoms with Crippen LogP contribution in [0.4, 0.5) is 21.9 Å². The molecule has 1 aliphatic heterocycles. The first kappa shape index (κ1) is 20.4. The number of rotatable bonds is 5. The lowest BCUT2D eigenvalue weighted by Crippen LogP contribution is -2.28. The van der Waals surface area contributed by atoms with Crippen LogP contribution in [-0.2, 0) is 14.3 Å². The van der Waals surface area contributed by atoms with Crippen molar-refractivity contribution in [1.29, 1.82) is 0 Å². The van der Waals surface area contributed by atoms with Crippen molar-refractivity contribution in [2.45, 2.75) is 26.2 Å². The van der Waals surface area contributed by atoms with Gasteiger partial charge < -0.3 is 15.0 Å². The van der Waals surface area contributed by atoms with Gasteiger partial charge in [-0.05, 0) is 47.9 Å². The van der Waals surface area contributed by atoms with Crippen molar-refractivity contribution in [3.05, 3.63) is 54.1 Å². The van der Waals surface area contributed by atoms with Crippen LogP contribution in [0, 0.1) is 5.92 Å². The van der Waals surface area contributed by atoms with E-state index < -0.39 is 12.0 Å². The number of carbonyl (C=O) groups excluding carboxylic acids is 3. The van der Waals surface area contributed by atoms with Crippen molar-refractivity contribution in [1.82, 2.24) is 0 Å². The highest BCUT2D eigenvalue weighted by atomic mass is 16.5. The number of anilines is 3. The van der Waals surface area contributed by atoms with Crippen molar-refractivity contribution < 1.29 is 19.1 Å². The summed E-state index contributed by atoms with van der Waals surface area (Å²) in [4.78, 5) is 38.0. The van der Waals surface area contributed by atoms with E-state index in [-0.39, 0.29) is 18.2 Å². The number of ether oxygens (including phenoxy) is 1. The number of hydrogen-bond donors (Lipinski definition) is 2. The summed E-state index contributed by atoms with van der Waals surface area (Å²) in [5.41, 5.74) is 3.14. The summed E-state index contributed by atoms with van der Waals surface area (Å²) in [5, 5.41) is 5.38. The van der Waals surface area contributed by atoms with Gasteiger partial charge in [-0.15, -0.1) is 0 Å². The Morgan fingerprint density at radius 1 is 1.07 bits per heavy atom. The molecular formula is C22H25N3O4. The summed E-state index contributed by atoms with van der Waals surface area (Å²) in [7, 11) is 1.29. The average Bonchev–Trinajstić information content (AvgIpc) is 3.11. The highest BCUT2D eigenvalue weighted by Crippen LogP contribution is 2.28. The molecule has 152 valence electrons. The van der Waals surface area contributed by atoms with Gasteiger partial charge in [0.1, 0.15) is 0 Å². The molecule has 1 saturated heterocycles. The Kier molecular flexibility index (Phi) is 6.16. The Labute approximate surface area is 170 Å². The summed E-state index contributed by atoms with van der Waals surface area (Å²) < 4.78 is 4.54. The van der Waals surface area contributed by atoms with Crippen molar-refractivity contribution >= 4 is 35.0 Å². The zero-order valence-electron chi connectivity index (χ0n) is 16.8. The first-order valence-corrected chi connectivity index (χ1v) is 9.53. The maximum atomic E-state index is 12.6. The first-order valence-electron chi connectivity index (χ1n) is 9.53. The van der Waals surface area contributed by atoms with Crippen LogP contribution in [0.25, 0.3) is 0 Å². The molecule has 0 aromatic heterocycles. The molecule has 1 heterocycles. The molecule has 0 aliphatic carbocycles. The van der Waals surface area contributed by atoms with E-state index >= 15 is 0 Å². The zero-order chi connectivity index (χ0) is 21.0. The van der Waals surface area contributed by atoms with Gasteiger partial charge in [0.2, 0.25) is 11.8 Å². The van der Waals surface area contributed by atoms with E-state index in [9.17, 15) is 14.4 Å². The predicted molar refractivity (Wildman–Crippen MR) is 112 cm³/mol. The van der Waals surface area contributed by atoms with E-state index in [0.29, 0.717) is 23.8 Å². The molecule has 2 N–H and O–H groups in total. The third kappa shape index (κ3) is 4.93. The van der Waals surface area contributed by atoms with E-state index in [4.69, 9.17) is 0 Å². The molecule has 0 saturated carbocycles. The van der Waals surface area contributed by atoms with Gasteiger partial charge >= 0.3 is 6.09 Å². The van der Waals surface area contributed by atoms with Crippen molar-refractivity contribution in [2.24, 2.45) is 5.92 Å². The lowest BCUT2D eigenvalue weighted by molar-refractivity contribution is -0.122. The van der Waals surface area contributed by atoms with Gasteiger partial charge in [-0.1, -0.05) is 26.0 Å². The van der Waals surface area contributed by atoms with E-state index in [1.165, 1.54) is 7.11 Å². The van der Waals surface area contributed by atoms with Crippen molar-refractivity contribution in [2.75, 3.05) is 29.2 Å². The normalized spacial score (nSPS) is 16.1. The lowest BCUT2D eigenvalue weighted by atomic mass is 10.0. The second-order valence-corrected chi connectivity index (χ2v) is 7.34. The van der Waals surface area contributed by atoms with Crippen LogP contribution >= 0.6 is 0 Å². The molecule has 7 nitrogen and oxygen atoms in total. The quantitative estimate of drug-likeness (QED) is 0.802. The van der Waals surface area contributed by atoms with Crippen molar-refractivity contribution in [3.63, 3.8) is 0 Å². The Morgan fingerprint density at radius 3 is 2.34 bits per heavy atom. The van der Waals surface area contributed by atoms with Crippen molar-refractivity contribution in [3.8, 4) is 0 Å². The zero-order valence-corrected chi connectivity index (χ0v) is 16.8. The van der Waals surface area contributed by atoms with E-state index in [1.54, 1.807) is 29.2 Å². The Bertz CT molecular complexity index is 909. The number of hydrogen-bond acceptors (Lipinski definition) is 4. The summed E-state index contributed by atoms with van der Waals surface area (Å²) >= 11 is 0. The SMILES string of the molecule is COC(=O)Nc1ccc(NC(=O)C2CC(=O)N(c3cccc(C(C)C)c3)C2)cc1. The molecule has 1 unspecified atom stereocenters. The Morgan fingerprint density at radius 2 is 1.72 bits per heavy atom. The third-order valence-electron chi connectivity index (χ3n) is 4.93.